The lowest BCUT2D eigenvalue weighted by atomic mass is 10.2. The topological polar surface area (TPSA) is 76.0 Å². The van der Waals surface area contributed by atoms with Gasteiger partial charge in [-0.15, -0.1) is 0 Å². The van der Waals surface area contributed by atoms with Crippen LogP contribution in [-0.2, 0) is 10.1 Å². The molecule has 0 saturated carbocycles. The van der Waals surface area contributed by atoms with E-state index in [0.29, 0.717) is 5.56 Å². The third kappa shape index (κ3) is 3.32. The maximum atomic E-state index is 11.9. The van der Waals surface area contributed by atoms with E-state index >= 15 is 0 Å². The molecule has 0 atom stereocenters. The first-order valence-corrected chi connectivity index (χ1v) is 6.80. The van der Waals surface area contributed by atoms with Crippen LogP contribution in [0.2, 0.25) is 0 Å². The first kappa shape index (κ1) is 13.1. The molecule has 0 radical (unpaired) electrons. The molecular weight excluding hydrogens is 266 g/mol. The predicted octanol–water partition coefficient (Wildman–Crippen LogP) is 2.26. The Labute approximate surface area is 110 Å². The van der Waals surface area contributed by atoms with Crippen LogP contribution in [0, 0.1) is 0 Å². The van der Waals surface area contributed by atoms with Gasteiger partial charge in [-0.25, -0.2) is 0 Å². The zero-order valence-electron chi connectivity index (χ0n) is 9.80. The fourth-order valence-electron chi connectivity index (χ4n) is 1.44. The highest BCUT2D eigenvalue weighted by molar-refractivity contribution is 7.87. The van der Waals surface area contributed by atoms with Crippen molar-refractivity contribution in [2.75, 3.05) is 0 Å². The van der Waals surface area contributed by atoms with Gasteiger partial charge in [0.2, 0.25) is 0 Å². The van der Waals surface area contributed by atoms with Gasteiger partial charge in [0, 0.05) is 0 Å². The van der Waals surface area contributed by atoms with Gasteiger partial charge in [0.25, 0.3) is 0 Å². The van der Waals surface area contributed by atoms with Gasteiger partial charge in [-0.2, -0.15) is 8.42 Å². The summed E-state index contributed by atoms with van der Waals surface area (Å²) >= 11 is 0. The average Bonchev–Trinajstić information content (AvgIpc) is 2.42. The van der Waals surface area contributed by atoms with Crippen molar-refractivity contribution >= 4 is 16.3 Å². The summed E-state index contributed by atoms with van der Waals surface area (Å²) < 4.78 is 28.8. The molecule has 5 nitrogen and oxygen atoms in total. The Hall–Kier alpha value is -2.34. The highest BCUT2D eigenvalue weighted by atomic mass is 32.2. The quantitative estimate of drug-likeness (QED) is 0.402. The number of hydrogen-bond acceptors (Lipinski definition) is 5. The molecule has 0 bridgehead atoms. The standard InChI is InChI=1S/C13H11NO4S/c15-14-10-11-6-8-12(9-7-11)18-19(16,17)13-4-2-1-3-5-13/h1-10,15H/b14-10-. The molecule has 0 unspecified atom stereocenters. The second kappa shape index (κ2) is 5.53. The molecule has 0 amide bonds. The summed E-state index contributed by atoms with van der Waals surface area (Å²) in [6.45, 7) is 0. The monoisotopic (exact) mass is 277 g/mol. The first-order chi connectivity index (χ1) is 9.12. The third-order valence-corrected chi connectivity index (χ3v) is 3.59. The highest BCUT2D eigenvalue weighted by Crippen LogP contribution is 2.18. The van der Waals surface area contributed by atoms with Crippen molar-refractivity contribution in [3.8, 4) is 5.75 Å². The molecule has 1 N–H and O–H groups in total. The third-order valence-electron chi connectivity index (χ3n) is 2.32. The summed E-state index contributed by atoms with van der Waals surface area (Å²) in [5, 5.41) is 11.2. The molecular formula is C13H11NO4S. The van der Waals surface area contributed by atoms with E-state index in [4.69, 9.17) is 9.39 Å². The normalized spacial score (nSPS) is 11.6. The second-order valence-corrected chi connectivity index (χ2v) is 5.21. The lowest BCUT2D eigenvalue weighted by Crippen LogP contribution is -2.09. The maximum Gasteiger partial charge on any atom is 0.339 e. The van der Waals surface area contributed by atoms with Crippen LogP contribution in [0.4, 0.5) is 0 Å². The zero-order valence-corrected chi connectivity index (χ0v) is 10.6. The molecule has 2 aromatic carbocycles. The minimum Gasteiger partial charge on any atom is -0.411 e. The van der Waals surface area contributed by atoms with E-state index in [2.05, 4.69) is 5.16 Å². The van der Waals surface area contributed by atoms with Crippen LogP contribution in [0.3, 0.4) is 0 Å². The molecule has 0 saturated heterocycles. The SMILES string of the molecule is O=S(=O)(Oc1ccc(/C=N\O)cc1)c1ccccc1. The molecule has 6 heteroatoms. The van der Waals surface area contributed by atoms with Crippen molar-refractivity contribution in [2.45, 2.75) is 4.90 Å². The number of benzene rings is 2. The molecule has 0 fully saturated rings. The van der Waals surface area contributed by atoms with Gasteiger partial charge in [0.15, 0.2) is 0 Å². The van der Waals surface area contributed by atoms with Crippen LogP contribution in [0.25, 0.3) is 0 Å². The summed E-state index contributed by atoms with van der Waals surface area (Å²) in [6.07, 6.45) is 1.23. The van der Waals surface area contributed by atoms with Gasteiger partial charge >= 0.3 is 10.1 Å². The largest absolute Gasteiger partial charge is 0.411 e. The average molecular weight is 277 g/mol. The molecule has 0 heterocycles. The smallest absolute Gasteiger partial charge is 0.339 e. The molecule has 2 aromatic rings. The van der Waals surface area contributed by atoms with Crippen LogP contribution in [-0.4, -0.2) is 19.8 Å². The molecule has 0 aliphatic heterocycles. The Balaban J connectivity index is 2.21. The zero-order chi connectivity index (χ0) is 13.7. The number of oxime groups is 1. The van der Waals surface area contributed by atoms with Gasteiger partial charge in [-0.3, -0.25) is 0 Å². The number of nitrogens with zero attached hydrogens (tertiary/aromatic N) is 1. The van der Waals surface area contributed by atoms with E-state index in [1.165, 1.54) is 30.5 Å². The summed E-state index contributed by atoms with van der Waals surface area (Å²) in [4.78, 5) is 0.0935. The fraction of sp³-hybridized carbons (Fsp3) is 0. The predicted molar refractivity (Wildman–Crippen MR) is 70.1 cm³/mol. The molecule has 0 aromatic heterocycles. The van der Waals surface area contributed by atoms with Crippen LogP contribution >= 0.6 is 0 Å². The maximum absolute atomic E-state index is 11.9. The minimum absolute atomic E-state index is 0.0935. The summed E-state index contributed by atoms with van der Waals surface area (Å²) in [5.41, 5.74) is 0.631. The van der Waals surface area contributed by atoms with Gasteiger partial charge in [-0.1, -0.05) is 23.4 Å². The second-order valence-electron chi connectivity index (χ2n) is 3.66. The Bertz CT molecular complexity index is 664. The van der Waals surface area contributed by atoms with E-state index in [1.54, 1.807) is 30.3 Å². The van der Waals surface area contributed by atoms with E-state index in [-0.39, 0.29) is 10.6 Å². The van der Waals surface area contributed by atoms with Crippen molar-refractivity contribution in [3.63, 3.8) is 0 Å². The number of hydrogen-bond donors (Lipinski definition) is 1. The molecule has 0 aliphatic rings. The summed E-state index contributed by atoms with van der Waals surface area (Å²) in [5.74, 6) is 0.193. The van der Waals surface area contributed by atoms with Crippen molar-refractivity contribution in [3.05, 3.63) is 60.2 Å². The molecule has 2 rings (SSSR count). The lowest BCUT2D eigenvalue weighted by molar-refractivity contribution is 0.322. The van der Waals surface area contributed by atoms with Crippen molar-refractivity contribution < 1.29 is 17.8 Å². The molecule has 0 spiro atoms. The first-order valence-electron chi connectivity index (χ1n) is 5.39. The van der Waals surface area contributed by atoms with Crippen LogP contribution in [0.15, 0.2) is 64.6 Å². The minimum atomic E-state index is -3.82. The van der Waals surface area contributed by atoms with Gasteiger partial charge in [0.1, 0.15) is 10.6 Å². The Morgan fingerprint density at radius 2 is 1.63 bits per heavy atom. The van der Waals surface area contributed by atoms with Crippen molar-refractivity contribution in [1.82, 2.24) is 0 Å². The van der Waals surface area contributed by atoms with E-state index in [0.717, 1.165) is 0 Å². The van der Waals surface area contributed by atoms with Gasteiger partial charge in [-0.05, 0) is 42.0 Å². The van der Waals surface area contributed by atoms with Gasteiger partial charge < -0.3 is 9.39 Å². The highest BCUT2D eigenvalue weighted by Gasteiger charge is 2.15. The van der Waals surface area contributed by atoms with E-state index in [9.17, 15) is 8.42 Å². The molecule has 0 aliphatic carbocycles. The van der Waals surface area contributed by atoms with Crippen LogP contribution in [0.1, 0.15) is 5.56 Å². The van der Waals surface area contributed by atoms with Crippen molar-refractivity contribution in [1.29, 1.82) is 0 Å². The Kier molecular flexibility index (Phi) is 3.82. The molecule has 98 valence electrons. The summed E-state index contributed by atoms with van der Waals surface area (Å²) in [6, 6.07) is 14.0. The molecule has 19 heavy (non-hydrogen) atoms. The summed E-state index contributed by atoms with van der Waals surface area (Å²) in [7, 11) is -3.82. The van der Waals surface area contributed by atoms with Crippen LogP contribution in [0.5, 0.6) is 5.75 Å². The van der Waals surface area contributed by atoms with E-state index in [1.807, 2.05) is 0 Å². The van der Waals surface area contributed by atoms with E-state index < -0.39 is 10.1 Å². The fourth-order valence-corrected chi connectivity index (χ4v) is 2.39. The number of rotatable bonds is 4. The van der Waals surface area contributed by atoms with Crippen molar-refractivity contribution in [2.24, 2.45) is 5.16 Å². The Morgan fingerprint density at radius 3 is 2.21 bits per heavy atom. The van der Waals surface area contributed by atoms with Gasteiger partial charge in [0.05, 0.1) is 6.21 Å². The lowest BCUT2D eigenvalue weighted by Gasteiger charge is -2.06. The van der Waals surface area contributed by atoms with Crippen LogP contribution < -0.4 is 4.18 Å². The Morgan fingerprint density at radius 1 is 1.00 bits per heavy atom.